The molecule has 22 nitrogen and oxygen atoms in total. The predicted octanol–water partition coefficient (Wildman–Crippen LogP) is 2.32. The molecule has 1 amide bonds. The molecule has 1 fully saturated rings. The molecular formula is C33H28N3O19P3. The molecule has 304 valence electrons. The van der Waals surface area contributed by atoms with E-state index in [4.69, 9.17) is 24.0 Å². The Morgan fingerprint density at radius 2 is 1.57 bits per heavy atom. The Morgan fingerprint density at radius 3 is 2.22 bits per heavy atom. The minimum absolute atomic E-state index is 0.0950. The summed E-state index contributed by atoms with van der Waals surface area (Å²) in [6.07, 6.45) is -0.763. The minimum Gasteiger partial charge on any atom is -0.508 e. The van der Waals surface area contributed by atoms with Gasteiger partial charge in [0.05, 0.1) is 24.8 Å². The Morgan fingerprint density at radius 1 is 0.897 bits per heavy atom. The number of phosphoric acid groups is 3. The number of hydrogen-bond acceptors (Lipinski definition) is 15. The van der Waals surface area contributed by atoms with Gasteiger partial charge in [-0.25, -0.2) is 23.3 Å². The van der Waals surface area contributed by atoms with E-state index >= 15 is 0 Å². The number of ether oxygens (including phenoxy) is 3. The van der Waals surface area contributed by atoms with Crippen molar-refractivity contribution >= 4 is 35.3 Å². The highest BCUT2D eigenvalue weighted by Gasteiger charge is 2.54. The summed E-state index contributed by atoms with van der Waals surface area (Å²) in [5, 5.41) is 22.9. The molecule has 3 aliphatic rings. The number of aromatic nitrogens is 2. The fraction of sp³-hybridized carbons (Fsp3) is 0.212. The molecule has 4 heterocycles. The Hall–Kier alpha value is -5.39. The van der Waals surface area contributed by atoms with Gasteiger partial charge in [-0.15, -0.1) is 0 Å². The number of carbonyl (C=O) groups excluding carboxylic acids is 2. The van der Waals surface area contributed by atoms with Crippen molar-refractivity contribution in [1.29, 1.82) is 0 Å². The number of esters is 1. The zero-order valence-corrected chi connectivity index (χ0v) is 31.7. The van der Waals surface area contributed by atoms with Gasteiger partial charge in [0.25, 0.3) is 11.5 Å². The molecule has 0 aliphatic carbocycles. The summed E-state index contributed by atoms with van der Waals surface area (Å²) in [5.41, 5.74) is -2.34. The summed E-state index contributed by atoms with van der Waals surface area (Å²) in [6.45, 7) is -1.04. The van der Waals surface area contributed by atoms with Crippen LogP contribution in [-0.4, -0.2) is 70.5 Å². The Bertz CT molecular complexity index is 2660. The van der Waals surface area contributed by atoms with E-state index in [1.54, 1.807) is 0 Å². The second-order valence-electron chi connectivity index (χ2n) is 12.7. The third-order valence-electron chi connectivity index (χ3n) is 8.80. The number of amides is 1. The summed E-state index contributed by atoms with van der Waals surface area (Å²) in [6, 6.07) is 12.7. The quantitative estimate of drug-likeness (QED) is 0.0644. The van der Waals surface area contributed by atoms with Crippen molar-refractivity contribution in [3.63, 3.8) is 0 Å². The van der Waals surface area contributed by atoms with Crippen LogP contribution in [0.4, 0.5) is 0 Å². The summed E-state index contributed by atoms with van der Waals surface area (Å²) in [7, 11) is -16.7. The van der Waals surface area contributed by atoms with Crippen molar-refractivity contribution in [3.8, 4) is 34.8 Å². The Labute approximate surface area is 324 Å². The van der Waals surface area contributed by atoms with Crippen molar-refractivity contribution in [3.05, 3.63) is 115 Å². The molecule has 0 saturated carbocycles. The number of phenolic OH excluding ortho intramolecular Hbond substituents is 2. The smallest absolute Gasteiger partial charge is 0.490 e. The average molecular weight is 864 g/mol. The third-order valence-corrected chi connectivity index (χ3v) is 12.6. The second kappa shape index (κ2) is 15.1. The maximum absolute atomic E-state index is 13.4. The third kappa shape index (κ3) is 8.29. The van der Waals surface area contributed by atoms with Gasteiger partial charge in [-0.3, -0.25) is 23.7 Å². The molecule has 0 radical (unpaired) electrons. The van der Waals surface area contributed by atoms with Gasteiger partial charge in [0, 0.05) is 40.6 Å². The molecule has 58 heavy (non-hydrogen) atoms. The number of rotatable bonds is 10. The molecule has 1 saturated heterocycles. The number of aromatic hydroxyl groups is 2. The predicted molar refractivity (Wildman–Crippen MR) is 192 cm³/mol. The summed E-state index contributed by atoms with van der Waals surface area (Å²) in [5.74, 6) is 3.88. The average Bonchev–Trinajstić information content (AvgIpc) is 3.70. The van der Waals surface area contributed by atoms with Gasteiger partial charge in [-0.05, 0) is 55.3 Å². The lowest BCUT2D eigenvalue weighted by Crippen LogP contribution is -2.34. The number of carbonyl (C=O) groups is 2. The number of phenols is 2. The number of phosphoric ester groups is 1. The van der Waals surface area contributed by atoms with E-state index in [1.807, 2.05) is 0 Å². The fourth-order valence-corrected chi connectivity index (χ4v) is 9.54. The molecule has 25 heteroatoms. The van der Waals surface area contributed by atoms with Crippen molar-refractivity contribution < 1.29 is 80.4 Å². The van der Waals surface area contributed by atoms with Crippen LogP contribution < -0.4 is 21.3 Å². The van der Waals surface area contributed by atoms with Gasteiger partial charge in [0.2, 0.25) is 0 Å². The van der Waals surface area contributed by atoms with Crippen LogP contribution in [0.3, 0.4) is 0 Å². The molecule has 4 atom stereocenters. The van der Waals surface area contributed by atoms with Gasteiger partial charge in [0.15, 0.2) is 5.60 Å². The lowest BCUT2D eigenvalue weighted by Gasteiger charge is -2.36. The monoisotopic (exact) mass is 863 g/mol. The lowest BCUT2D eigenvalue weighted by atomic mass is 9.77. The Balaban J connectivity index is 1.03. The molecule has 1 aromatic heterocycles. The summed E-state index contributed by atoms with van der Waals surface area (Å²) < 4.78 is 64.9. The number of H-pyrrole nitrogens is 1. The van der Waals surface area contributed by atoms with Crippen molar-refractivity contribution in [2.75, 3.05) is 13.2 Å². The number of nitrogens with one attached hydrogen (secondary N) is 2. The first-order valence-corrected chi connectivity index (χ1v) is 21.0. The van der Waals surface area contributed by atoms with Crippen molar-refractivity contribution in [1.82, 2.24) is 14.9 Å². The highest BCUT2D eigenvalue weighted by Crippen LogP contribution is 2.66. The van der Waals surface area contributed by atoms with Crippen molar-refractivity contribution in [2.45, 2.75) is 30.8 Å². The minimum atomic E-state index is -5.73. The topological polar surface area (TPSA) is 329 Å². The maximum Gasteiger partial charge on any atom is 0.490 e. The first kappa shape index (κ1) is 40.8. The van der Waals surface area contributed by atoms with E-state index in [0.29, 0.717) is 11.1 Å². The van der Waals surface area contributed by atoms with E-state index in [0.717, 1.165) is 10.8 Å². The van der Waals surface area contributed by atoms with E-state index < -0.39 is 71.1 Å². The van der Waals surface area contributed by atoms with E-state index in [2.05, 4.69) is 35.3 Å². The number of nitrogens with zero attached hydrogens (tertiary/aromatic N) is 1. The molecule has 3 aliphatic heterocycles. The maximum atomic E-state index is 13.4. The summed E-state index contributed by atoms with van der Waals surface area (Å²) in [4.78, 5) is 90.1. The van der Waals surface area contributed by atoms with E-state index in [-0.39, 0.29) is 64.6 Å². The van der Waals surface area contributed by atoms with Crippen molar-refractivity contribution in [2.24, 2.45) is 0 Å². The second-order valence-corrected chi connectivity index (χ2v) is 17.1. The van der Waals surface area contributed by atoms with Crippen LogP contribution in [0.2, 0.25) is 0 Å². The SMILES string of the molecule is O=C(NCC#Cc1cn([C@H]2CC[C@@H](COP(=O)(O)OP(=O)(O)OP(=O)(O)O)O2)c(=O)[nH]c1=O)c1ccc2c(c1)C1(OC2=O)c2ccc(O)cc2Oc2cc(O)ccc21. The highest BCUT2D eigenvalue weighted by atomic mass is 31.3. The molecule has 4 aromatic rings. The van der Waals surface area contributed by atoms with Crippen LogP contribution in [0.25, 0.3) is 0 Å². The van der Waals surface area contributed by atoms with Crippen LogP contribution in [0.5, 0.6) is 23.0 Å². The van der Waals surface area contributed by atoms with E-state index in [9.17, 15) is 52.9 Å². The number of hydrogen-bond donors (Lipinski definition) is 8. The number of benzene rings is 3. The Kier molecular flexibility index (Phi) is 10.6. The number of fused-ring (bicyclic) bond motifs is 6. The zero-order valence-electron chi connectivity index (χ0n) is 29.0. The molecule has 7 rings (SSSR count). The van der Waals surface area contributed by atoms with Gasteiger partial charge >= 0.3 is 35.1 Å². The number of aromatic amines is 1. The van der Waals surface area contributed by atoms with Crippen LogP contribution in [0, 0.1) is 11.8 Å². The van der Waals surface area contributed by atoms with Crippen LogP contribution in [0.15, 0.2) is 70.4 Å². The van der Waals surface area contributed by atoms with Gasteiger partial charge < -0.3 is 49.3 Å². The standard InChI is InChI=1S/C33H28N3O19P3/c37-19-4-8-23-26(13-19)52-27-14-20(38)5-9-24(27)33(23)25-12-17(3-7-22(25)31(41)53-33)29(39)34-11-1-2-18-15-36(32(42)35-30(18)40)28-10-6-21(51-28)16-50-57(46,47)55-58(48,49)54-56(43,44)45/h3-5,7-9,12-15,21,28,37-38H,6,10-11,16H2,(H,34,39)(H,46,47)(H,48,49)(H,35,40,42)(H2,43,44,45)/t21-,28+/m0/s1. The normalized spacial score (nSPS) is 19.6. The molecule has 2 unspecified atom stereocenters. The van der Waals surface area contributed by atoms with Gasteiger partial charge in [-0.2, -0.15) is 8.62 Å². The van der Waals surface area contributed by atoms with Crippen LogP contribution in [0.1, 0.15) is 62.0 Å². The first-order valence-electron chi connectivity index (χ1n) is 16.5. The first-order chi connectivity index (χ1) is 27.2. The fourth-order valence-electron chi connectivity index (χ4n) is 6.49. The summed E-state index contributed by atoms with van der Waals surface area (Å²) >= 11 is 0. The highest BCUT2D eigenvalue weighted by molar-refractivity contribution is 7.66. The van der Waals surface area contributed by atoms with Gasteiger partial charge in [0.1, 0.15) is 34.8 Å². The lowest BCUT2D eigenvalue weighted by molar-refractivity contribution is -0.0243. The van der Waals surface area contributed by atoms with Gasteiger partial charge in [-0.1, -0.05) is 11.8 Å². The molecule has 0 bridgehead atoms. The van der Waals surface area contributed by atoms with Crippen LogP contribution in [-0.2, 0) is 41.9 Å². The zero-order chi connectivity index (χ0) is 41.8. The molecule has 8 N–H and O–H groups in total. The molecule has 1 spiro atoms. The largest absolute Gasteiger partial charge is 0.508 e. The van der Waals surface area contributed by atoms with E-state index in [1.165, 1.54) is 54.6 Å². The van der Waals surface area contributed by atoms with Crippen LogP contribution >= 0.6 is 23.5 Å². The molecule has 3 aromatic carbocycles. The molecular weight excluding hydrogens is 835 g/mol.